The summed E-state index contributed by atoms with van der Waals surface area (Å²) in [4.78, 5) is 15.2. The van der Waals surface area contributed by atoms with Gasteiger partial charge in [0.15, 0.2) is 6.61 Å². The first-order valence-corrected chi connectivity index (χ1v) is 7.04. The van der Waals surface area contributed by atoms with Crippen LogP contribution in [-0.4, -0.2) is 29.0 Å². The SMILES string of the molecule is O=C(CCCCBr)Nc1ccc(OCC(F)(F)F)nc1. The molecule has 0 spiro atoms. The number of halogens is 4. The van der Waals surface area contributed by atoms with Crippen LogP contribution < -0.4 is 10.1 Å². The molecule has 1 N–H and O–H groups in total. The van der Waals surface area contributed by atoms with Gasteiger partial charge < -0.3 is 10.1 Å². The molecule has 20 heavy (non-hydrogen) atoms. The molecule has 4 nitrogen and oxygen atoms in total. The van der Waals surface area contributed by atoms with E-state index in [1.54, 1.807) is 0 Å². The van der Waals surface area contributed by atoms with E-state index in [-0.39, 0.29) is 11.8 Å². The quantitative estimate of drug-likeness (QED) is 0.602. The fraction of sp³-hybridized carbons (Fsp3) is 0.500. The molecule has 0 saturated heterocycles. The first-order chi connectivity index (χ1) is 9.40. The molecule has 1 aromatic rings. The Morgan fingerprint density at radius 3 is 2.65 bits per heavy atom. The molecule has 0 radical (unpaired) electrons. The highest BCUT2D eigenvalue weighted by atomic mass is 79.9. The zero-order valence-electron chi connectivity index (χ0n) is 10.5. The second-order valence-corrected chi connectivity index (χ2v) is 4.78. The van der Waals surface area contributed by atoms with Crippen LogP contribution in [0.25, 0.3) is 0 Å². The Bertz CT molecular complexity index is 424. The van der Waals surface area contributed by atoms with E-state index < -0.39 is 12.8 Å². The molecule has 112 valence electrons. The lowest BCUT2D eigenvalue weighted by Gasteiger charge is -2.09. The molecule has 0 atom stereocenters. The summed E-state index contributed by atoms with van der Waals surface area (Å²) in [7, 11) is 0. The normalized spacial score (nSPS) is 11.2. The molecule has 8 heteroatoms. The molecule has 1 rings (SSSR count). The van der Waals surface area contributed by atoms with E-state index in [1.165, 1.54) is 18.3 Å². The zero-order valence-corrected chi connectivity index (χ0v) is 12.1. The Balaban J connectivity index is 2.40. The molecule has 0 aliphatic heterocycles. The molecule has 0 aromatic carbocycles. The number of alkyl halides is 4. The minimum absolute atomic E-state index is 0.139. The number of hydrogen-bond acceptors (Lipinski definition) is 3. The number of nitrogens with one attached hydrogen (secondary N) is 1. The minimum Gasteiger partial charge on any atom is -0.468 e. The van der Waals surface area contributed by atoms with E-state index >= 15 is 0 Å². The van der Waals surface area contributed by atoms with Gasteiger partial charge in [-0.3, -0.25) is 4.79 Å². The summed E-state index contributed by atoms with van der Waals surface area (Å²) in [5, 5.41) is 3.45. The Morgan fingerprint density at radius 1 is 1.35 bits per heavy atom. The summed E-state index contributed by atoms with van der Waals surface area (Å²) in [5.41, 5.74) is 0.424. The lowest BCUT2D eigenvalue weighted by Crippen LogP contribution is -2.19. The van der Waals surface area contributed by atoms with Gasteiger partial charge in [-0.25, -0.2) is 4.98 Å². The number of ether oxygens (including phenoxy) is 1. The van der Waals surface area contributed by atoms with Crippen molar-refractivity contribution in [1.29, 1.82) is 0 Å². The van der Waals surface area contributed by atoms with E-state index in [9.17, 15) is 18.0 Å². The number of unbranched alkanes of at least 4 members (excludes halogenated alkanes) is 1. The van der Waals surface area contributed by atoms with E-state index in [0.29, 0.717) is 12.1 Å². The van der Waals surface area contributed by atoms with E-state index in [2.05, 4.69) is 31.0 Å². The first kappa shape index (κ1) is 16.7. The fourth-order valence-electron chi connectivity index (χ4n) is 1.30. The van der Waals surface area contributed by atoms with Crippen molar-refractivity contribution in [2.75, 3.05) is 17.3 Å². The smallest absolute Gasteiger partial charge is 0.422 e. The molecule has 0 aliphatic rings. The third-order valence-electron chi connectivity index (χ3n) is 2.19. The topological polar surface area (TPSA) is 51.2 Å². The number of carbonyl (C=O) groups is 1. The Hall–Kier alpha value is -1.31. The molecule has 0 unspecified atom stereocenters. The van der Waals surface area contributed by atoms with Crippen LogP contribution >= 0.6 is 15.9 Å². The van der Waals surface area contributed by atoms with Crippen LogP contribution in [0.3, 0.4) is 0 Å². The number of hydrogen-bond donors (Lipinski definition) is 1. The number of pyridine rings is 1. The number of amides is 1. The Labute approximate surface area is 122 Å². The predicted molar refractivity (Wildman–Crippen MR) is 72.1 cm³/mol. The number of anilines is 1. The third-order valence-corrected chi connectivity index (χ3v) is 2.75. The largest absolute Gasteiger partial charge is 0.468 e. The molecular weight excluding hydrogens is 341 g/mol. The molecule has 1 heterocycles. The van der Waals surface area contributed by atoms with Crippen LogP contribution in [0.1, 0.15) is 19.3 Å². The van der Waals surface area contributed by atoms with Crippen molar-refractivity contribution in [3.05, 3.63) is 18.3 Å². The predicted octanol–water partition coefficient (Wildman–Crippen LogP) is 3.53. The fourth-order valence-corrected chi connectivity index (χ4v) is 1.70. The highest BCUT2D eigenvalue weighted by molar-refractivity contribution is 9.09. The highest BCUT2D eigenvalue weighted by Crippen LogP contribution is 2.18. The van der Waals surface area contributed by atoms with Crippen molar-refractivity contribution in [2.24, 2.45) is 0 Å². The second-order valence-electron chi connectivity index (χ2n) is 3.98. The van der Waals surface area contributed by atoms with Gasteiger partial charge in [-0.1, -0.05) is 15.9 Å². The standard InChI is InChI=1S/C12H14BrF3N2O2/c13-6-2-1-3-10(19)18-9-4-5-11(17-7-9)20-8-12(14,15)16/h4-5,7H,1-3,6,8H2,(H,18,19). The lowest BCUT2D eigenvalue weighted by atomic mass is 10.2. The average molecular weight is 355 g/mol. The summed E-state index contributed by atoms with van der Waals surface area (Å²) in [6.45, 7) is -1.39. The summed E-state index contributed by atoms with van der Waals surface area (Å²) >= 11 is 3.27. The van der Waals surface area contributed by atoms with E-state index in [1.807, 2.05) is 0 Å². The molecule has 1 aromatic heterocycles. The third kappa shape index (κ3) is 7.32. The maximum absolute atomic E-state index is 11.9. The number of nitrogens with zero attached hydrogens (tertiary/aromatic N) is 1. The average Bonchev–Trinajstić information content (AvgIpc) is 2.37. The van der Waals surface area contributed by atoms with Crippen LogP contribution in [0.2, 0.25) is 0 Å². The van der Waals surface area contributed by atoms with Crippen molar-refractivity contribution >= 4 is 27.5 Å². The van der Waals surface area contributed by atoms with Gasteiger partial charge in [0.1, 0.15) is 0 Å². The van der Waals surface area contributed by atoms with Crippen LogP contribution in [0.5, 0.6) is 5.88 Å². The summed E-state index contributed by atoms with van der Waals surface area (Å²) < 4.78 is 40.2. The van der Waals surface area contributed by atoms with Crippen molar-refractivity contribution in [3.63, 3.8) is 0 Å². The van der Waals surface area contributed by atoms with Crippen LogP contribution in [0, 0.1) is 0 Å². The van der Waals surface area contributed by atoms with Gasteiger partial charge in [-0.05, 0) is 18.9 Å². The first-order valence-electron chi connectivity index (χ1n) is 5.92. The van der Waals surface area contributed by atoms with Crippen LogP contribution in [0.15, 0.2) is 18.3 Å². The zero-order chi connectivity index (χ0) is 15.0. The minimum atomic E-state index is -4.40. The molecule has 0 fully saturated rings. The highest BCUT2D eigenvalue weighted by Gasteiger charge is 2.28. The summed E-state index contributed by atoms with van der Waals surface area (Å²) in [6, 6.07) is 2.72. The molecular formula is C12H14BrF3N2O2. The van der Waals surface area contributed by atoms with Crippen molar-refractivity contribution in [1.82, 2.24) is 4.98 Å². The van der Waals surface area contributed by atoms with Gasteiger partial charge in [0, 0.05) is 17.8 Å². The van der Waals surface area contributed by atoms with E-state index in [0.717, 1.165) is 18.2 Å². The van der Waals surface area contributed by atoms with E-state index in [4.69, 9.17) is 0 Å². The number of carbonyl (C=O) groups excluding carboxylic acids is 1. The van der Waals surface area contributed by atoms with Gasteiger partial charge in [0.25, 0.3) is 0 Å². The van der Waals surface area contributed by atoms with Crippen LogP contribution in [-0.2, 0) is 4.79 Å². The van der Waals surface area contributed by atoms with Gasteiger partial charge in [0.05, 0.1) is 11.9 Å². The monoisotopic (exact) mass is 354 g/mol. The Kier molecular flexibility index (Phi) is 6.77. The second kappa shape index (κ2) is 8.08. The Morgan fingerprint density at radius 2 is 2.10 bits per heavy atom. The van der Waals surface area contributed by atoms with Gasteiger partial charge in [-0.15, -0.1) is 0 Å². The van der Waals surface area contributed by atoms with Gasteiger partial charge in [0.2, 0.25) is 11.8 Å². The van der Waals surface area contributed by atoms with Gasteiger partial charge in [-0.2, -0.15) is 13.2 Å². The number of aromatic nitrogens is 1. The number of rotatable bonds is 7. The maximum atomic E-state index is 11.9. The van der Waals surface area contributed by atoms with Crippen molar-refractivity contribution < 1.29 is 22.7 Å². The summed E-state index contributed by atoms with van der Waals surface area (Å²) in [6.07, 6.45) is -1.09. The van der Waals surface area contributed by atoms with Crippen LogP contribution in [0.4, 0.5) is 18.9 Å². The molecule has 0 aliphatic carbocycles. The van der Waals surface area contributed by atoms with Crippen molar-refractivity contribution in [3.8, 4) is 5.88 Å². The summed E-state index contributed by atoms with van der Waals surface area (Å²) in [5.74, 6) is -0.295. The maximum Gasteiger partial charge on any atom is 0.422 e. The molecule has 0 bridgehead atoms. The van der Waals surface area contributed by atoms with Crippen molar-refractivity contribution in [2.45, 2.75) is 25.4 Å². The molecule has 0 saturated carbocycles. The van der Waals surface area contributed by atoms with Gasteiger partial charge >= 0.3 is 6.18 Å². The lowest BCUT2D eigenvalue weighted by molar-refractivity contribution is -0.154. The molecule has 1 amide bonds.